The first-order chi connectivity index (χ1) is 16.5. The van der Waals surface area contributed by atoms with Crippen LogP contribution >= 0.6 is 11.6 Å². The van der Waals surface area contributed by atoms with Gasteiger partial charge in [-0.25, -0.2) is 9.78 Å². The van der Waals surface area contributed by atoms with Gasteiger partial charge in [-0.1, -0.05) is 77.4 Å². The van der Waals surface area contributed by atoms with Gasteiger partial charge in [-0.05, 0) is 71.0 Å². The number of nitroso groups, excluding NO2 is 1. The monoisotopic (exact) mass is 470 g/mol. The molecule has 0 radical (unpaired) electrons. The minimum Gasteiger partial charge on any atom is -0.478 e. The Labute approximate surface area is 203 Å². The van der Waals surface area contributed by atoms with E-state index < -0.39 is 12.0 Å². The highest BCUT2D eigenvalue weighted by Crippen LogP contribution is 2.38. The first kappa shape index (κ1) is 23.3. The van der Waals surface area contributed by atoms with Crippen LogP contribution in [-0.4, -0.2) is 16.1 Å². The molecule has 5 nitrogen and oxygen atoms in total. The Morgan fingerprint density at radius 1 is 0.941 bits per heavy atom. The molecule has 0 aliphatic rings. The Balaban J connectivity index is 1.68. The number of carboxylic acid groups (broad SMARTS) is 1. The number of aromatic carboxylic acids is 1. The molecular weight excluding hydrogens is 448 g/mol. The largest absolute Gasteiger partial charge is 0.478 e. The number of halogens is 1. The molecule has 0 saturated carbocycles. The van der Waals surface area contributed by atoms with E-state index in [1.54, 1.807) is 42.6 Å². The average molecular weight is 471 g/mol. The third-order valence-electron chi connectivity index (χ3n) is 6.06. The average Bonchev–Trinajstić information content (AvgIpc) is 2.86. The summed E-state index contributed by atoms with van der Waals surface area (Å²) in [4.78, 5) is 27.0. The van der Waals surface area contributed by atoms with Crippen molar-refractivity contribution in [3.63, 3.8) is 0 Å². The van der Waals surface area contributed by atoms with Gasteiger partial charge in [0.05, 0.1) is 5.56 Å². The Morgan fingerprint density at radius 2 is 1.59 bits per heavy atom. The van der Waals surface area contributed by atoms with Crippen molar-refractivity contribution < 1.29 is 9.90 Å². The normalized spacial score (nSPS) is 12.6. The number of hydrogen-bond donors (Lipinski definition) is 1. The van der Waals surface area contributed by atoms with E-state index >= 15 is 0 Å². The van der Waals surface area contributed by atoms with Gasteiger partial charge >= 0.3 is 5.97 Å². The quantitative estimate of drug-likeness (QED) is 0.214. The van der Waals surface area contributed by atoms with Crippen molar-refractivity contribution in [2.75, 3.05) is 0 Å². The number of carboxylic acids is 1. The molecule has 2 atom stereocenters. The molecule has 4 rings (SSSR count). The second-order valence-electron chi connectivity index (χ2n) is 8.18. The first-order valence-electron chi connectivity index (χ1n) is 10.9. The lowest BCUT2D eigenvalue weighted by molar-refractivity contribution is 0.0697. The maximum absolute atomic E-state index is 11.9. The minimum absolute atomic E-state index is 0.0562. The van der Waals surface area contributed by atoms with E-state index in [0.717, 1.165) is 33.4 Å². The number of carbonyl (C=O) groups is 1. The van der Waals surface area contributed by atoms with Crippen LogP contribution in [0.2, 0.25) is 5.15 Å². The van der Waals surface area contributed by atoms with E-state index in [2.05, 4.69) is 41.4 Å². The van der Waals surface area contributed by atoms with Gasteiger partial charge in [-0.2, -0.15) is 4.91 Å². The summed E-state index contributed by atoms with van der Waals surface area (Å²) in [6.07, 6.45) is 2.07. The maximum Gasteiger partial charge on any atom is 0.335 e. The molecule has 4 aromatic rings. The number of nitrogens with zero attached hydrogens (tertiary/aromatic N) is 2. The SMILES string of the molecule is Cc1ccccc1[C@H](CC(N=O)c1ccnc(Cl)c1)c1ccc(-c2ccc(C(=O)O)cc2)cc1. The summed E-state index contributed by atoms with van der Waals surface area (Å²) in [5.74, 6) is -1.00. The van der Waals surface area contributed by atoms with Crippen LogP contribution in [0.25, 0.3) is 11.1 Å². The summed E-state index contributed by atoms with van der Waals surface area (Å²) in [5, 5.41) is 12.9. The Bertz CT molecular complexity index is 1300. The molecule has 0 saturated heterocycles. The van der Waals surface area contributed by atoms with Crippen LogP contribution < -0.4 is 0 Å². The number of aryl methyl sites for hydroxylation is 1. The van der Waals surface area contributed by atoms with Crippen molar-refractivity contribution in [1.82, 2.24) is 4.98 Å². The Kier molecular flexibility index (Phi) is 7.14. The van der Waals surface area contributed by atoms with Gasteiger partial charge in [-0.3, -0.25) is 0 Å². The molecule has 6 heteroatoms. The highest BCUT2D eigenvalue weighted by atomic mass is 35.5. The third kappa shape index (κ3) is 5.21. The van der Waals surface area contributed by atoms with Gasteiger partial charge in [0.2, 0.25) is 0 Å². The summed E-state index contributed by atoms with van der Waals surface area (Å²) < 4.78 is 0. The predicted molar refractivity (Wildman–Crippen MR) is 134 cm³/mol. The van der Waals surface area contributed by atoms with Gasteiger partial charge < -0.3 is 5.11 Å². The van der Waals surface area contributed by atoms with Crippen LogP contribution in [0.1, 0.15) is 51.0 Å². The highest BCUT2D eigenvalue weighted by molar-refractivity contribution is 6.29. The van der Waals surface area contributed by atoms with Crippen LogP contribution in [-0.2, 0) is 0 Å². The van der Waals surface area contributed by atoms with E-state index in [4.69, 9.17) is 16.7 Å². The summed E-state index contributed by atoms with van der Waals surface area (Å²) in [6.45, 7) is 2.06. The zero-order valence-electron chi connectivity index (χ0n) is 18.6. The molecular formula is C28H23ClN2O3. The van der Waals surface area contributed by atoms with Crippen molar-refractivity contribution in [2.24, 2.45) is 5.18 Å². The van der Waals surface area contributed by atoms with Crippen LogP contribution in [0.3, 0.4) is 0 Å². The van der Waals surface area contributed by atoms with E-state index in [1.165, 1.54) is 0 Å². The van der Waals surface area contributed by atoms with Crippen molar-refractivity contribution in [2.45, 2.75) is 25.3 Å². The summed E-state index contributed by atoms with van der Waals surface area (Å²) in [5.41, 5.74) is 6.24. The smallest absolute Gasteiger partial charge is 0.335 e. The molecule has 0 bridgehead atoms. The van der Waals surface area contributed by atoms with Crippen molar-refractivity contribution >= 4 is 17.6 Å². The fraction of sp³-hybridized carbons (Fsp3) is 0.143. The minimum atomic E-state index is -0.947. The van der Waals surface area contributed by atoms with E-state index in [-0.39, 0.29) is 11.5 Å². The van der Waals surface area contributed by atoms with Crippen molar-refractivity contribution in [3.8, 4) is 11.1 Å². The number of aromatic nitrogens is 1. The molecule has 0 aliphatic carbocycles. The fourth-order valence-electron chi connectivity index (χ4n) is 4.22. The number of rotatable bonds is 8. The molecule has 3 aromatic carbocycles. The van der Waals surface area contributed by atoms with Gasteiger partial charge in [0.1, 0.15) is 11.2 Å². The fourth-order valence-corrected chi connectivity index (χ4v) is 4.40. The highest BCUT2D eigenvalue weighted by Gasteiger charge is 2.23. The lowest BCUT2D eigenvalue weighted by atomic mass is 9.82. The molecule has 0 fully saturated rings. The zero-order chi connectivity index (χ0) is 24.1. The summed E-state index contributed by atoms with van der Waals surface area (Å²) >= 11 is 6.06. The summed E-state index contributed by atoms with van der Waals surface area (Å²) in [7, 11) is 0. The summed E-state index contributed by atoms with van der Waals surface area (Å²) in [6, 6.07) is 26.0. The zero-order valence-corrected chi connectivity index (χ0v) is 19.3. The van der Waals surface area contributed by atoms with E-state index in [1.807, 2.05) is 24.3 Å². The Morgan fingerprint density at radius 3 is 2.18 bits per heavy atom. The van der Waals surface area contributed by atoms with Crippen LogP contribution in [0.4, 0.5) is 0 Å². The van der Waals surface area contributed by atoms with Crippen molar-refractivity contribution in [1.29, 1.82) is 0 Å². The molecule has 1 heterocycles. The lowest BCUT2D eigenvalue weighted by Gasteiger charge is -2.23. The number of hydrogen-bond acceptors (Lipinski definition) is 4. The molecule has 1 N–H and O–H groups in total. The lowest BCUT2D eigenvalue weighted by Crippen LogP contribution is -2.08. The second kappa shape index (κ2) is 10.4. The van der Waals surface area contributed by atoms with Crippen LogP contribution in [0.5, 0.6) is 0 Å². The molecule has 0 aliphatic heterocycles. The van der Waals surface area contributed by atoms with E-state index in [9.17, 15) is 9.70 Å². The second-order valence-corrected chi connectivity index (χ2v) is 8.57. The van der Waals surface area contributed by atoms with Gasteiger partial charge in [0, 0.05) is 12.1 Å². The third-order valence-corrected chi connectivity index (χ3v) is 6.27. The topological polar surface area (TPSA) is 79.6 Å². The van der Waals surface area contributed by atoms with Crippen LogP contribution in [0.15, 0.2) is 96.3 Å². The molecule has 1 aromatic heterocycles. The molecule has 1 unspecified atom stereocenters. The van der Waals surface area contributed by atoms with Gasteiger partial charge in [0.15, 0.2) is 0 Å². The maximum atomic E-state index is 11.9. The van der Waals surface area contributed by atoms with Crippen molar-refractivity contribution in [3.05, 3.63) is 129 Å². The Hall–Kier alpha value is -3.83. The van der Waals surface area contributed by atoms with Gasteiger partial charge in [0.25, 0.3) is 0 Å². The molecule has 0 amide bonds. The number of pyridine rings is 1. The number of benzene rings is 3. The molecule has 34 heavy (non-hydrogen) atoms. The van der Waals surface area contributed by atoms with E-state index in [0.29, 0.717) is 11.6 Å². The van der Waals surface area contributed by atoms with Gasteiger partial charge in [-0.15, -0.1) is 0 Å². The first-order valence-corrected chi connectivity index (χ1v) is 11.3. The molecule has 170 valence electrons. The predicted octanol–water partition coefficient (Wildman–Crippen LogP) is 7.44. The van der Waals surface area contributed by atoms with Crippen LogP contribution in [0, 0.1) is 11.8 Å². The standard InChI is InChI=1S/C28H23ClN2O3/c1-18-4-2-3-5-24(18)25(17-26(31-34)23-14-15-30-27(29)16-23)21-10-6-19(7-11-21)20-8-12-22(13-9-20)28(32)33/h2-16,25-26H,17H2,1H3,(H,32,33)/t25-,26?/m1/s1. The molecule has 0 spiro atoms.